The number of benzene rings is 1. The van der Waals surface area contributed by atoms with Crippen molar-refractivity contribution in [3.63, 3.8) is 0 Å². The largest absolute Gasteiger partial charge is 0.396 e. The fraction of sp³-hybridized carbons (Fsp3) is 0.625. The minimum atomic E-state index is 0.120. The molecule has 0 aliphatic heterocycles. The second-order valence-electron chi connectivity index (χ2n) is 5.86. The molecule has 2 nitrogen and oxygen atoms in total. The predicted octanol–water partition coefficient (Wildman–Crippen LogP) is 3.37. The second kappa shape index (κ2) is 5.75. The van der Waals surface area contributed by atoms with Crippen LogP contribution in [0.2, 0.25) is 0 Å². The molecule has 0 radical (unpaired) electrons. The van der Waals surface area contributed by atoms with E-state index in [0.717, 1.165) is 6.54 Å². The van der Waals surface area contributed by atoms with Gasteiger partial charge in [-0.1, -0.05) is 37.5 Å². The lowest BCUT2D eigenvalue weighted by Crippen LogP contribution is -2.40. The monoisotopic (exact) mass is 247 g/mol. The van der Waals surface area contributed by atoms with Gasteiger partial charge >= 0.3 is 0 Å². The molecule has 100 valence electrons. The number of aliphatic hydroxyl groups excluding tert-OH is 1. The molecule has 1 N–H and O–H groups in total. The van der Waals surface area contributed by atoms with Crippen LogP contribution in [-0.2, 0) is 0 Å². The lowest BCUT2D eigenvalue weighted by atomic mass is 9.74. The molecule has 0 amide bonds. The minimum absolute atomic E-state index is 0.120. The Morgan fingerprint density at radius 3 is 2.44 bits per heavy atom. The topological polar surface area (TPSA) is 23.5 Å². The number of anilines is 1. The maximum Gasteiger partial charge on any atom is 0.0504 e. The second-order valence-corrected chi connectivity index (χ2v) is 5.86. The van der Waals surface area contributed by atoms with E-state index in [1.54, 1.807) is 0 Å². The fourth-order valence-electron chi connectivity index (χ4n) is 3.25. The molecule has 1 aliphatic carbocycles. The first-order valence-electron chi connectivity index (χ1n) is 7.04. The molecule has 0 saturated heterocycles. The summed E-state index contributed by atoms with van der Waals surface area (Å²) in [6.07, 6.45) is 6.19. The molecular formula is C16H25NO. The maximum absolute atomic E-state index is 9.78. The highest BCUT2D eigenvalue weighted by Crippen LogP contribution is 2.37. The van der Waals surface area contributed by atoms with Crippen molar-refractivity contribution in [2.45, 2.75) is 39.0 Å². The molecule has 2 rings (SSSR count). The molecule has 2 heteroatoms. The van der Waals surface area contributed by atoms with Crippen molar-refractivity contribution in [1.29, 1.82) is 0 Å². The summed E-state index contributed by atoms with van der Waals surface area (Å²) in [5.74, 6) is 0. The number of hydrogen-bond donors (Lipinski definition) is 1. The molecule has 1 fully saturated rings. The zero-order valence-corrected chi connectivity index (χ0v) is 11.7. The summed E-state index contributed by atoms with van der Waals surface area (Å²) in [6.45, 7) is 3.44. The summed E-state index contributed by atoms with van der Waals surface area (Å²) in [7, 11) is 2.15. The van der Waals surface area contributed by atoms with Crippen molar-refractivity contribution >= 4 is 5.69 Å². The van der Waals surface area contributed by atoms with Crippen molar-refractivity contribution in [3.8, 4) is 0 Å². The van der Waals surface area contributed by atoms with Crippen LogP contribution in [0.4, 0.5) is 5.69 Å². The Kier molecular flexibility index (Phi) is 4.28. The number of hydrogen-bond acceptors (Lipinski definition) is 2. The Labute approximate surface area is 111 Å². The minimum Gasteiger partial charge on any atom is -0.396 e. The first kappa shape index (κ1) is 13.4. The summed E-state index contributed by atoms with van der Waals surface area (Å²) >= 11 is 0. The SMILES string of the molecule is Cc1ccccc1N(C)CC1(CO)CCCCC1. The van der Waals surface area contributed by atoms with Gasteiger partial charge in [-0.15, -0.1) is 0 Å². The van der Waals surface area contributed by atoms with Crippen molar-refractivity contribution in [3.05, 3.63) is 29.8 Å². The Bertz CT molecular complexity index is 382. The average molecular weight is 247 g/mol. The van der Waals surface area contributed by atoms with E-state index in [4.69, 9.17) is 0 Å². The lowest BCUT2D eigenvalue weighted by molar-refractivity contribution is 0.0891. The van der Waals surface area contributed by atoms with Crippen molar-refractivity contribution in [2.24, 2.45) is 5.41 Å². The fourth-order valence-corrected chi connectivity index (χ4v) is 3.25. The van der Waals surface area contributed by atoms with Crippen LogP contribution in [-0.4, -0.2) is 25.3 Å². The number of para-hydroxylation sites is 1. The Morgan fingerprint density at radius 1 is 1.17 bits per heavy atom. The third-order valence-electron chi connectivity index (χ3n) is 4.35. The highest BCUT2D eigenvalue weighted by molar-refractivity contribution is 5.52. The lowest BCUT2D eigenvalue weighted by Gasteiger charge is -2.39. The molecule has 18 heavy (non-hydrogen) atoms. The molecule has 1 saturated carbocycles. The first-order valence-corrected chi connectivity index (χ1v) is 7.04. The summed E-state index contributed by atoms with van der Waals surface area (Å²) in [5.41, 5.74) is 2.72. The zero-order chi connectivity index (χ0) is 13.0. The van der Waals surface area contributed by atoms with Gasteiger partial charge in [-0.25, -0.2) is 0 Å². The number of rotatable bonds is 4. The average Bonchev–Trinajstić information content (AvgIpc) is 2.40. The van der Waals surface area contributed by atoms with E-state index in [1.807, 2.05) is 0 Å². The van der Waals surface area contributed by atoms with Gasteiger partial charge in [-0.3, -0.25) is 0 Å². The highest BCUT2D eigenvalue weighted by atomic mass is 16.3. The van der Waals surface area contributed by atoms with E-state index >= 15 is 0 Å². The number of nitrogens with zero attached hydrogens (tertiary/aromatic N) is 1. The summed E-state index contributed by atoms with van der Waals surface area (Å²) in [5, 5.41) is 9.78. The zero-order valence-electron chi connectivity index (χ0n) is 11.7. The van der Waals surface area contributed by atoms with Gasteiger partial charge in [0.15, 0.2) is 0 Å². The number of aliphatic hydroxyl groups is 1. The van der Waals surface area contributed by atoms with Crippen molar-refractivity contribution in [2.75, 3.05) is 25.1 Å². The molecule has 1 aromatic rings. The molecule has 0 unspecified atom stereocenters. The third kappa shape index (κ3) is 2.86. The highest BCUT2D eigenvalue weighted by Gasteiger charge is 2.32. The van der Waals surface area contributed by atoms with E-state index in [-0.39, 0.29) is 5.41 Å². The van der Waals surface area contributed by atoms with Crippen LogP contribution in [0, 0.1) is 12.3 Å². The van der Waals surface area contributed by atoms with Gasteiger partial charge in [-0.2, -0.15) is 0 Å². The van der Waals surface area contributed by atoms with Crippen LogP contribution in [0.15, 0.2) is 24.3 Å². The van der Waals surface area contributed by atoms with Gasteiger partial charge in [-0.05, 0) is 31.4 Å². The van der Waals surface area contributed by atoms with E-state index < -0.39 is 0 Å². The van der Waals surface area contributed by atoms with E-state index in [1.165, 1.54) is 43.4 Å². The Balaban J connectivity index is 2.10. The van der Waals surface area contributed by atoms with Gasteiger partial charge in [0.05, 0.1) is 6.61 Å². The number of aryl methyl sites for hydroxylation is 1. The molecular weight excluding hydrogens is 222 g/mol. The molecule has 1 aliphatic rings. The quantitative estimate of drug-likeness (QED) is 0.881. The normalized spacial score (nSPS) is 18.6. The van der Waals surface area contributed by atoms with Crippen LogP contribution in [0.3, 0.4) is 0 Å². The van der Waals surface area contributed by atoms with Gasteiger partial charge in [0, 0.05) is 24.7 Å². The first-order chi connectivity index (χ1) is 8.67. The van der Waals surface area contributed by atoms with Crippen LogP contribution < -0.4 is 4.90 Å². The van der Waals surface area contributed by atoms with Gasteiger partial charge in [0.1, 0.15) is 0 Å². The van der Waals surface area contributed by atoms with Crippen LogP contribution >= 0.6 is 0 Å². The summed E-state index contributed by atoms with van der Waals surface area (Å²) < 4.78 is 0. The smallest absolute Gasteiger partial charge is 0.0504 e. The molecule has 0 atom stereocenters. The summed E-state index contributed by atoms with van der Waals surface area (Å²) in [6, 6.07) is 8.49. The maximum atomic E-state index is 9.78. The van der Waals surface area contributed by atoms with Crippen molar-refractivity contribution < 1.29 is 5.11 Å². The molecule has 0 heterocycles. The summed E-state index contributed by atoms with van der Waals surface area (Å²) in [4.78, 5) is 2.32. The molecule has 1 aromatic carbocycles. The Morgan fingerprint density at radius 2 is 1.83 bits per heavy atom. The predicted molar refractivity (Wildman–Crippen MR) is 77.1 cm³/mol. The molecule has 0 bridgehead atoms. The molecule has 0 spiro atoms. The standard InChI is InChI=1S/C16H25NO/c1-14-8-4-5-9-15(14)17(2)12-16(13-18)10-6-3-7-11-16/h4-5,8-9,18H,3,6-7,10-13H2,1-2H3. The van der Waals surface area contributed by atoms with Crippen LogP contribution in [0.1, 0.15) is 37.7 Å². The van der Waals surface area contributed by atoms with Crippen LogP contribution in [0.5, 0.6) is 0 Å². The van der Waals surface area contributed by atoms with E-state index in [2.05, 4.69) is 43.1 Å². The van der Waals surface area contributed by atoms with Gasteiger partial charge in [0.2, 0.25) is 0 Å². The van der Waals surface area contributed by atoms with E-state index in [9.17, 15) is 5.11 Å². The van der Waals surface area contributed by atoms with Crippen molar-refractivity contribution in [1.82, 2.24) is 0 Å². The van der Waals surface area contributed by atoms with Crippen LogP contribution in [0.25, 0.3) is 0 Å². The third-order valence-corrected chi connectivity index (χ3v) is 4.35. The van der Waals surface area contributed by atoms with Gasteiger partial charge < -0.3 is 10.0 Å². The van der Waals surface area contributed by atoms with E-state index in [0.29, 0.717) is 6.61 Å². The Hall–Kier alpha value is -1.02. The van der Waals surface area contributed by atoms with Gasteiger partial charge in [0.25, 0.3) is 0 Å². The molecule has 0 aromatic heterocycles.